The zero-order valence-electron chi connectivity index (χ0n) is 17.2. The Morgan fingerprint density at radius 3 is 2.47 bits per heavy atom. The third kappa shape index (κ3) is 4.68. The third-order valence-corrected chi connectivity index (χ3v) is 9.71. The minimum atomic E-state index is -3.98. The largest absolute Gasteiger partial charge is 0.495 e. The number of sulfone groups is 2. The number of aryl methyl sites for hydroxylation is 2. The molecule has 2 atom stereocenters. The van der Waals surface area contributed by atoms with E-state index in [2.05, 4.69) is 5.32 Å². The molecule has 1 N–H and O–H groups in total. The molecule has 0 bridgehead atoms. The van der Waals surface area contributed by atoms with Crippen LogP contribution in [0.5, 0.6) is 5.75 Å². The fraction of sp³-hybridized carbons (Fsp3) is 0.429. The van der Waals surface area contributed by atoms with E-state index in [1.807, 2.05) is 6.92 Å². The van der Waals surface area contributed by atoms with Crippen LogP contribution in [0.2, 0.25) is 0 Å². The van der Waals surface area contributed by atoms with Crippen molar-refractivity contribution in [3.8, 4) is 5.75 Å². The molecule has 2 aromatic rings. The van der Waals surface area contributed by atoms with Crippen molar-refractivity contribution in [1.82, 2.24) is 5.32 Å². The second kappa shape index (κ2) is 8.64. The van der Waals surface area contributed by atoms with E-state index in [1.54, 1.807) is 31.2 Å². The zero-order valence-corrected chi connectivity index (χ0v) is 18.8. The van der Waals surface area contributed by atoms with Crippen LogP contribution in [0.25, 0.3) is 0 Å². The van der Waals surface area contributed by atoms with E-state index in [-0.39, 0.29) is 28.8 Å². The van der Waals surface area contributed by atoms with Crippen molar-refractivity contribution in [2.75, 3.05) is 25.2 Å². The molecular weight excluding hydrogens is 429 g/mol. The van der Waals surface area contributed by atoms with E-state index < -0.39 is 36.7 Å². The monoisotopic (exact) mass is 455 g/mol. The molecule has 1 fully saturated rings. The number of halogens is 1. The number of hydrogen-bond acceptors (Lipinski definition) is 6. The summed E-state index contributed by atoms with van der Waals surface area (Å²) in [5, 5.41) is 1.90. The second-order valence-corrected chi connectivity index (χ2v) is 11.9. The second-order valence-electron chi connectivity index (χ2n) is 7.65. The van der Waals surface area contributed by atoms with Gasteiger partial charge in [0, 0.05) is 6.04 Å². The van der Waals surface area contributed by atoms with Crippen molar-refractivity contribution < 1.29 is 26.0 Å². The Morgan fingerprint density at radius 2 is 1.80 bits per heavy atom. The minimum absolute atomic E-state index is 0.00361. The fourth-order valence-electron chi connectivity index (χ4n) is 3.71. The van der Waals surface area contributed by atoms with Gasteiger partial charge in [0.2, 0.25) is 0 Å². The maximum atomic E-state index is 13.8. The third-order valence-electron chi connectivity index (χ3n) is 5.54. The van der Waals surface area contributed by atoms with Gasteiger partial charge in [-0.15, -0.1) is 0 Å². The number of methoxy groups -OCH3 is 1. The standard InChI is InChI=1S/C21H26FNO5S2/c1-14-10-19(28-3)20(11-15(14)2)30(26,27)21-13-29(24,25)12-18(21)23-9-8-16-6-4-5-7-17(16)22/h4-7,10-11,18,21,23H,8-9,12-13H2,1-3H3/t18-,21-/m0/s1. The van der Waals surface area contributed by atoms with Gasteiger partial charge in [0.1, 0.15) is 16.5 Å². The summed E-state index contributed by atoms with van der Waals surface area (Å²) in [6.07, 6.45) is 0.322. The maximum Gasteiger partial charge on any atom is 0.187 e. The Bertz CT molecular complexity index is 1150. The highest BCUT2D eigenvalue weighted by Gasteiger charge is 2.46. The lowest BCUT2D eigenvalue weighted by Crippen LogP contribution is -2.44. The van der Waals surface area contributed by atoms with Gasteiger partial charge in [0.15, 0.2) is 19.7 Å². The van der Waals surface area contributed by atoms with Gasteiger partial charge in [-0.3, -0.25) is 0 Å². The Kier molecular flexibility index (Phi) is 6.54. The van der Waals surface area contributed by atoms with Crippen molar-refractivity contribution >= 4 is 19.7 Å². The molecule has 0 aliphatic carbocycles. The van der Waals surface area contributed by atoms with Gasteiger partial charge in [0.25, 0.3) is 0 Å². The maximum absolute atomic E-state index is 13.8. The number of ether oxygens (including phenoxy) is 1. The molecule has 164 valence electrons. The van der Waals surface area contributed by atoms with Crippen molar-refractivity contribution in [2.45, 2.75) is 36.5 Å². The van der Waals surface area contributed by atoms with Gasteiger partial charge in [-0.05, 0) is 61.7 Å². The van der Waals surface area contributed by atoms with Gasteiger partial charge in [0.05, 0.1) is 23.9 Å². The molecule has 1 aliphatic rings. The van der Waals surface area contributed by atoms with Crippen LogP contribution in [0.3, 0.4) is 0 Å². The van der Waals surface area contributed by atoms with E-state index in [1.165, 1.54) is 19.2 Å². The first kappa shape index (κ1) is 22.7. The Morgan fingerprint density at radius 1 is 1.13 bits per heavy atom. The molecule has 1 aliphatic heterocycles. The number of nitrogens with one attached hydrogen (secondary N) is 1. The number of benzene rings is 2. The summed E-state index contributed by atoms with van der Waals surface area (Å²) in [7, 11) is -6.13. The highest BCUT2D eigenvalue weighted by atomic mass is 32.2. The highest BCUT2D eigenvalue weighted by Crippen LogP contribution is 2.33. The average molecular weight is 456 g/mol. The summed E-state index contributed by atoms with van der Waals surface area (Å²) >= 11 is 0. The normalized spacial score (nSPS) is 20.9. The first-order valence-electron chi connectivity index (χ1n) is 9.61. The molecule has 2 aromatic carbocycles. The summed E-state index contributed by atoms with van der Waals surface area (Å²) in [6.45, 7) is 3.90. The van der Waals surface area contributed by atoms with E-state index in [0.29, 0.717) is 12.0 Å². The summed E-state index contributed by atoms with van der Waals surface area (Å²) in [5.41, 5.74) is 2.14. The smallest absolute Gasteiger partial charge is 0.187 e. The topological polar surface area (TPSA) is 89.5 Å². The predicted molar refractivity (Wildman–Crippen MR) is 114 cm³/mol. The van der Waals surface area contributed by atoms with Crippen LogP contribution in [0.1, 0.15) is 16.7 Å². The summed E-state index contributed by atoms with van der Waals surface area (Å²) in [6, 6.07) is 8.72. The summed E-state index contributed by atoms with van der Waals surface area (Å²) < 4.78 is 70.5. The Balaban J connectivity index is 1.87. The van der Waals surface area contributed by atoms with Gasteiger partial charge in [-0.25, -0.2) is 21.2 Å². The molecule has 0 unspecified atom stereocenters. The lowest BCUT2D eigenvalue weighted by Gasteiger charge is -2.22. The van der Waals surface area contributed by atoms with E-state index in [4.69, 9.17) is 4.74 Å². The summed E-state index contributed by atoms with van der Waals surface area (Å²) in [5.74, 6) is -0.876. The fourth-order valence-corrected chi connectivity index (χ4v) is 8.65. The number of rotatable bonds is 7. The first-order chi connectivity index (χ1) is 14.0. The van der Waals surface area contributed by atoms with Crippen LogP contribution >= 0.6 is 0 Å². The summed E-state index contributed by atoms with van der Waals surface area (Å²) in [4.78, 5) is -0.00361. The van der Waals surface area contributed by atoms with Gasteiger partial charge in [-0.2, -0.15) is 0 Å². The molecule has 6 nitrogen and oxygen atoms in total. The van der Waals surface area contributed by atoms with Crippen LogP contribution in [0.4, 0.5) is 4.39 Å². The lowest BCUT2D eigenvalue weighted by molar-refractivity contribution is 0.401. The molecule has 1 saturated heterocycles. The molecule has 9 heteroatoms. The van der Waals surface area contributed by atoms with Crippen molar-refractivity contribution in [1.29, 1.82) is 0 Å². The van der Waals surface area contributed by atoms with Gasteiger partial charge < -0.3 is 10.1 Å². The number of hydrogen-bond donors (Lipinski definition) is 1. The minimum Gasteiger partial charge on any atom is -0.495 e. The Hall–Kier alpha value is -1.97. The van der Waals surface area contributed by atoms with Crippen LogP contribution in [-0.2, 0) is 26.1 Å². The zero-order chi connectivity index (χ0) is 22.1. The van der Waals surface area contributed by atoms with Gasteiger partial charge in [-0.1, -0.05) is 18.2 Å². The lowest BCUT2D eigenvalue weighted by atomic mass is 10.1. The first-order valence-corrected chi connectivity index (χ1v) is 13.0. The molecule has 0 spiro atoms. The van der Waals surface area contributed by atoms with Crippen molar-refractivity contribution in [2.24, 2.45) is 0 Å². The molecule has 0 radical (unpaired) electrons. The van der Waals surface area contributed by atoms with E-state index in [9.17, 15) is 21.2 Å². The van der Waals surface area contributed by atoms with Crippen LogP contribution in [-0.4, -0.2) is 53.3 Å². The van der Waals surface area contributed by atoms with Crippen LogP contribution < -0.4 is 10.1 Å². The van der Waals surface area contributed by atoms with Gasteiger partial charge >= 0.3 is 0 Å². The van der Waals surface area contributed by atoms with E-state index in [0.717, 1.165) is 11.1 Å². The van der Waals surface area contributed by atoms with Crippen molar-refractivity contribution in [3.63, 3.8) is 0 Å². The van der Waals surface area contributed by atoms with Crippen molar-refractivity contribution in [3.05, 3.63) is 58.9 Å². The van der Waals surface area contributed by atoms with Crippen LogP contribution in [0, 0.1) is 19.7 Å². The Labute approximate surface area is 177 Å². The van der Waals surface area contributed by atoms with E-state index >= 15 is 0 Å². The quantitative estimate of drug-likeness (QED) is 0.689. The molecule has 30 heavy (non-hydrogen) atoms. The average Bonchev–Trinajstić information content (AvgIpc) is 3.00. The molecule has 0 amide bonds. The SMILES string of the molecule is COc1cc(C)c(C)cc1S(=O)(=O)[C@H]1CS(=O)(=O)C[C@@H]1NCCc1ccccc1F. The molecule has 0 aromatic heterocycles. The molecule has 1 heterocycles. The molecule has 0 saturated carbocycles. The predicted octanol–water partition coefficient (Wildman–Crippen LogP) is 2.22. The van der Waals surface area contributed by atoms with Crippen LogP contribution in [0.15, 0.2) is 41.3 Å². The molecule has 3 rings (SSSR count). The highest BCUT2D eigenvalue weighted by molar-refractivity contribution is 7.96. The molecular formula is C21H26FNO5S2.